The molecule has 1 saturated heterocycles. The van der Waals surface area contributed by atoms with Crippen LogP contribution in [0.1, 0.15) is 104 Å². The van der Waals surface area contributed by atoms with E-state index in [1.54, 1.807) is 42.5 Å². The summed E-state index contributed by atoms with van der Waals surface area (Å²) in [5, 5.41) is 0. The number of hydrogen-bond acceptors (Lipinski definition) is 11. The molecule has 2 aromatic rings. The van der Waals surface area contributed by atoms with E-state index < -0.39 is 11.1 Å². The minimum atomic E-state index is -0.946. The number of fused-ring (bicyclic) bond motifs is 6. The summed E-state index contributed by atoms with van der Waals surface area (Å²) in [6, 6.07) is 12.7. The number of carbonyl (C=O) groups is 2. The first-order valence-electron chi connectivity index (χ1n) is 22.1. The monoisotopic (exact) mass is 838 g/mol. The Kier molecular flexibility index (Phi) is 13.6. The topological polar surface area (TPSA) is 164 Å². The van der Waals surface area contributed by atoms with Gasteiger partial charge in [0.1, 0.15) is 6.61 Å². The van der Waals surface area contributed by atoms with Gasteiger partial charge in [-0.3, -0.25) is 19.4 Å². The molecule has 2 unspecified atom stereocenters. The number of ether oxygens (including phenoxy) is 5. The number of carbonyl (C=O) groups excluding carboxylic acids is 2. The van der Waals surface area contributed by atoms with Crippen LogP contribution in [-0.4, -0.2) is 115 Å². The van der Waals surface area contributed by atoms with Gasteiger partial charge >= 0.3 is 0 Å². The number of benzene rings is 2. The molecule has 0 radical (unpaired) electrons. The highest BCUT2D eigenvalue weighted by atomic mass is 16.5. The number of nitrogens with two attached hydrogens (primary N) is 2. The van der Waals surface area contributed by atoms with Gasteiger partial charge in [-0.2, -0.15) is 0 Å². The molecule has 2 saturated carbocycles. The smallest absolute Gasteiger partial charge is 0.262 e. The van der Waals surface area contributed by atoms with E-state index in [9.17, 15) is 9.59 Å². The van der Waals surface area contributed by atoms with Crippen molar-refractivity contribution in [1.82, 2.24) is 9.80 Å². The molecule has 2 atom stereocenters. The number of nitrogens with zero attached hydrogens (tertiary/aromatic N) is 4. The van der Waals surface area contributed by atoms with Crippen LogP contribution in [0, 0.1) is 22.7 Å². The summed E-state index contributed by atoms with van der Waals surface area (Å²) in [5.41, 5.74) is 16.6. The summed E-state index contributed by atoms with van der Waals surface area (Å²) in [7, 11) is 10.3. The van der Waals surface area contributed by atoms with Crippen molar-refractivity contribution in [1.29, 1.82) is 0 Å². The van der Waals surface area contributed by atoms with Gasteiger partial charge in [0.15, 0.2) is 23.0 Å². The second-order valence-electron chi connectivity index (χ2n) is 17.9. The maximum absolute atomic E-state index is 13.6. The van der Waals surface area contributed by atoms with Crippen LogP contribution < -0.4 is 11.5 Å². The first kappa shape index (κ1) is 44.7. The van der Waals surface area contributed by atoms with Crippen LogP contribution in [0.2, 0.25) is 0 Å². The Labute approximate surface area is 361 Å². The summed E-state index contributed by atoms with van der Waals surface area (Å²) in [6.45, 7) is 3.11. The minimum Gasteiger partial charge on any atom is -0.385 e. The minimum absolute atomic E-state index is 0.0219. The Morgan fingerprint density at radius 3 is 1.67 bits per heavy atom. The molecule has 2 amide bonds. The number of aryl methyl sites for hydroxylation is 1. The number of likely N-dealkylation sites (N-methyl/N-ethyl adjacent to an activating group) is 2. The molecule has 4 N–H and O–H groups in total. The summed E-state index contributed by atoms with van der Waals surface area (Å²) < 4.78 is 26.3. The van der Waals surface area contributed by atoms with E-state index in [0.29, 0.717) is 18.5 Å². The third-order valence-corrected chi connectivity index (χ3v) is 14.7. The number of hydrogen-bond donors (Lipinski definition) is 2. The second kappa shape index (κ2) is 18.6. The fraction of sp³-hybridized carbons (Fsp3) is 0.625. The lowest BCUT2D eigenvalue weighted by molar-refractivity contribution is -0.138. The van der Waals surface area contributed by atoms with Crippen molar-refractivity contribution < 1.29 is 33.3 Å². The molecular formula is C48H66N6O7. The molecule has 2 aromatic carbocycles. The molecule has 9 rings (SSSR count). The molecule has 330 valence electrons. The molecule has 7 aliphatic rings. The van der Waals surface area contributed by atoms with Gasteiger partial charge in [0.25, 0.3) is 11.8 Å². The van der Waals surface area contributed by atoms with E-state index in [2.05, 4.69) is 36.1 Å². The predicted molar refractivity (Wildman–Crippen MR) is 235 cm³/mol. The fourth-order valence-corrected chi connectivity index (χ4v) is 11.3. The largest absolute Gasteiger partial charge is 0.385 e. The Hall–Kier alpha value is -4.32. The summed E-state index contributed by atoms with van der Waals surface area (Å²) >= 11 is 0. The summed E-state index contributed by atoms with van der Waals surface area (Å²) in [6.07, 6.45) is 14.1. The zero-order chi connectivity index (χ0) is 43.4. The number of amides is 2. The van der Waals surface area contributed by atoms with Gasteiger partial charge in [0, 0.05) is 78.7 Å². The Bertz CT molecular complexity index is 2050. The van der Waals surface area contributed by atoms with Crippen molar-refractivity contribution in [2.45, 2.75) is 113 Å². The van der Waals surface area contributed by atoms with Crippen LogP contribution in [-0.2, 0) is 63.6 Å². The van der Waals surface area contributed by atoms with Crippen molar-refractivity contribution in [3.8, 4) is 11.8 Å². The third-order valence-electron chi connectivity index (χ3n) is 14.7. The molecule has 13 heteroatoms. The normalized spacial score (nSPS) is 30.8. The van der Waals surface area contributed by atoms with Crippen LogP contribution in [0.15, 0.2) is 46.4 Å². The van der Waals surface area contributed by atoms with Crippen molar-refractivity contribution in [3.05, 3.63) is 69.8 Å². The molecule has 4 aliphatic carbocycles. The van der Waals surface area contributed by atoms with Gasteiger partial charge in [0.05, 0.1) is 12.2 Å². The first-order chi connectivity index (χ1) is 29.4. The lowest BCUT2D eigenvalue weighted by Crippen LogP contribution is -2.51. The van der Waals surface area contributed by atoms with E-state index in [0.717, 1.165) is 114 Å². The summed E-state index contributed by atoms with van der Waals surface area (Å²) in [5.74, 6) is 6.74. The average Bonchev–Trinajstić information content (AvgIpc) is 4.09. The van der Waals surface area contributed by atoms with Crippen molar-refractivity contribution in [2.75, 3.05) is 69.0 Å². The van der Waals surface area contributed by atoms with Gasteiger partial charge in [-0.15, -0.1) is 0 Å². The van der Waals surface area contributed by atoms with Crippen molar-refractivity contribution in [2.24, 2.45) is 32.3 Å². The van der Waals surface area contributed by atoms with Gasteiger partial charge in [-0.05, 0) is 130 Å². The molecule has 4 spiro atoms. The highest BCUT2D eigenvalue weighted by molar-refractivity contribution is 6.09. The third kappa shape index (κ3) is 7.88. The Morgan fingerprint density at radius 1 is 0.738 bits per heavy atom. The fourth-order valence-electron chi connectivity index (χ4n) is 11.3. The van der Waals surface area contributed by atoms with E-state index >= 15 is 0 Å². The summed E-state index contributed by atoms with van der Waals surface area (Å²) in [4.78, 5) is 39.9. The molecule has 0 aromatic heterocycles. The van der Waals surface area contributed by atoms with Gasteiger partial charge in [-0.1, -0.05) is 36.1 Å². The molecule has 3 fully saturated rings. The van der Waals surface area contributed by atoms with Gasteiger partial charge in [0.2, 0.25) is 0 Å². The molecule has 0 bridgehead atoms. The van der Waals surface area contributed by atoms with E-state index in [-0.39, 0.29) is 34.9 Å². The Morgan fingerprint density at radius 2 is 1.25 bits per heavy atom. The number of methoxy groups -OCH3 is 4. The second-order valence-corrected chi connectivity index (χ2v) is 17.9. The maximum atomic E-state index is 13.6. The van der Waals surface area contributed by atoms with Crippen LogP contribution in [0.5, 0.6) is 0 Å². The van der Waals surface area contributed by atoms with E-state index in [4.69, 9.17) is 45.1 Å². The lowest BCUT2D eigenvalue weighted by Gasteiger charge is -2.45. The van der Waals surface area contributed by atoms with Crippen molar-refractivity contribution >= 4 is 23.7 Å². The zero-order valence-electron chi connectivity index (χ0n) is 37.1. The van der Waals surface area contributed by atoms with Crippen LogP contribution in [0.3, 0.4) is 0 Å². The SMILES string of the molecule is C1CCOC1.COCC#Cc1ccc2c(c1)C1(N=C(N)N(C)C1=O)C1(CCC(OC)CC1)C2.COCCCc1ccc2c(c1)C1(N=C(N)N(C)C1=O)C1(CCC(OC)CC1)C2. The standard InChI is InChI=1S/C22H31N3O3.C22H27N3O3.C4H8O/c2*1-25-19(26)22(24-20(25)23)18-13-15(5-4-12-27-2)6-7-16(18)14-21(22)10-8-17(28-3)9-11-21;1-2-4-5-3-1/h6-7,13,17H,4-5,8-12,14H2,1-3H3,(H2,23,24);6-7,13,17H,8-12,14H2,1-3H3,(H2,23,24);1-4H2. The number of rotatable bonds is 7. The first-order valence-corrected chi connectivity index (χ1v) is 22.1. The average molecular weight is 839 g/mol. The van der Waals surface area contributed by atoms with E-state index in [1.807, 2.05) is 12.1 Å². The van der Waals surface area contributed by atoms with Crippen LogP contribution in [0.4, 0.5) is 0 Å². The molecule has 3 heterocycles. The lowest BCUT2D eigenvalue weighted by atomic mass is 9.61. The number of guanidine groups is 2. The zero-order valence-corrected chi connectivity index (χ0v) is 37.1. The highest BCUT2D eigenvalue weighted by Gasteiger charge is 2.67. The Balaban J connectivity index is 0.000000165. The quantitative estimate of drug-likeness (QED) is 0.290. The number of aliphatic imine (C=N–C) groups is 2. The van der Waals surface area contributed by atoms with Crippen LogP contribution in [0.25, 0.3) is 0 Å². The van der Waals surface area contributed by atoms with E-state index in [1.165, 1.54) is 39.3 Å². The van der Waals surface area contributed by atoms with Crippen LogP contribution >= 0.6 is 0 Å². The van der Waals surface area contributed by atoms with Gasteiger partial charge in [-0.25, -0.2) is 9.98 Å². The highest BCUT2D eigenvalue weighted by Crippen LogP contribution is 2.63. The van der Waals surface area contributed by atoms with Gasteiger partial charge < -0.3 is 35.2 Å². The maximum Gasteiger partial charge on any atom is 0.262 e. The predicted octanol–water partition coefficient (Wildman–Crippen LogP) is 4.97. The van der Waals surface area contributed by atoms with Crippen molar-refractivity contribution in [3.63, 3.8) is 0 Å². The molecule has 13 nitrogen and oxygen atoms in total. The molecular weight excluding hydrogens is 773 g/mol. The molecule has 3 aliphatic heterocycles. The molecule has 61 heavy (non-hydrogen) atoms.